The molecule has 24 heavy (non-hydrogen) atoms. The van der Waals surface area contributed by atoms with Crippen LogP contribution in [0.4, 0.5) is 0 Å². The number of rotatable bonds is 7. The minimum absolute atomic E-state index is 0.0715. The van der Waals surface area contributed by atoms with Gasteiger partial charge in [-0.25, -0.2) is 0 Å². The van der Waals surface area contributed by atoms with Gasteiger partial charge in [0.25, 0.3) is 0 Å². The summed E-state index contributed by atoms with van der Waals surface area (Å²) in [6.07, 6.45) is 0. The van der Waals surface area contributed by atoms with Gasteiger partial charge < -0.3 is 10.2 Å². The van der Waals surface area contributed by atoms with E-state index in [4.69, 9.17) is 10.2 Å². The third kappa shape index (κ3) is 3.74. The topological polar surface area (TPSA) is 35.2 Å². The van der Waals surface area contributed by atoms with Crippen LogP contribution in [-0.2, 0) is 4.43 Å². The molecule has 0 saturated heterocycles. The molecule has 0 aromatic heterocycles. The van der Waals surface area contributed by atoms with Crippen LogP contribution in [0.1, 0.15) is 53.1 Å². The van der Waals surface area contributed by atoms with Gasteiger partial charge in [-0.3, -0.25) is 0 Å². The number of fused-ring (bicyclic) bond motifs is 1. The van der Waals surface area contributed by atoms with Crippen molar-refractivity contribution in [1.29, 1.82) is 0 Å². The third-order valence-electron chi connectivity index (χ3n) is 5.42. The highest BCUT2D eigenvalue weighted by Gasteiger charge is 2.45. The summed E-state index contributed by atoms with van der Waals surface area (Å²) < 4.78 is 6.66. The van der Waals surface area contributed by atoms with Crippen LogP contribution in [-0.4, -0.2) is 14.9 Å². The van der Waals surface area contributed by atoms with E-state index in [1.807, 2.05) is 0 Å². The van der Waals surface area contributed by atoms with E-state index in [1.54, 1.807) is 0 Å². The van der Waals surface area contributed by atoms with Crippen LogP contribution < -0.4 is 5.73 Å². The molecule has 0 radical (unpaired) electrons. The molecule has 0 fully saturated rings. The molecule has 0 aliphatic rings. The van der Waals surface area contributed by atoms with Crippen molar-refractivity contribution in [1.82, 2.24) is 0 Å². The van der Waals surface area contributed by atoms with Crippen LogP contribution in [0.15, 0.2) is 42.5 Å². The lowest BCUT2D eigenvalue weighted by molar-refractivity contribution is 0.255. The molecule has 2 aromatic carbocycles. The summed E-state index contributed by atoms with van der Waals surface area (Å²) in [6.45, 7) is 14.5. The maximum Gasteiger partial charge on any atom is 0.200 e. The van der Waals surface area contributed by atoms with Crippen LogP contribution in [0.3, 0.4) is 0 Å². The summed E-state index contributed by atoms with van der Waals surface area (Å²) in [5, 5.41) is 2.50. The van der Waals surface area contributed by atoms with E-state index in [-0.39, 0.29) is 6.04 Å². The Hall–Kier alpha value is -1.16. The van der Waals surface area contributed by atoms with Gasteiger partial charge in [-0.2, -0.15) is 0 Å². The van der Waals surface area contributed by atoms with Crippen molar-refractivity contribution in [2.24, 2.45) is 5.73 Å². The van der Waals surface area contributed by atoms with Crippen molar-refractivity contribution < 1.29 is 4.43 Å². The molecule has 1 unspecified atom stereocenters. The second-order valence-corrected chi connectivity index (χ2v) is 13.3. The average molecular weight is 344 g/mol. The Balaban J connectivity index is 2.19. The van der Waals surface area contributed by atoms with Crippen molar-refractivity contribution in [3.63, 3.8) is 0 Å². The van der Waals surface area contributed by atoms with Crippen molar-refractivity contribution in [2.45, 2.75) is 64.2 Å². The molecule has 0 heterocycles. The molecule has 132 valence electrons. The van der Waals surface area contributed by atoms with Crippen LogP contribution in [0, 0.1) is 0 Å². The molecular formula is C21H33NOSi. The van der Waals surface area contributed by atoms with E-state index >= 15 is 0 Å². The molecule has 1 atom stereocenters. The molecule has 2 nitrogen and oxygen atoms in total. The molecule has 2 N–H and O–H groups in total. The molecule has 0 aliphatic carbocycles. The Morgan fingerprint density at radius 1 is 0.833 bits per heavy atom. The normalized spacial score (nSPS) is 14.1. The van der Waals surface area contributed by atoms with Crippen molar-refractivity contribution in [3.8, 4) is 0 Å². The summed E-state index contributed by atoms with van der Waals surface area (Å²) in [5.74, 6) is 0. The van der Waals surface area contributed by atoms with Gasteiger partial charge in [-0.05, 0) is 39.0 Å². The van der Waals surface area contributed by atoms with Gasteiger partial charge >= 0.3 is 0 Å². The minimum atomic E-state index is -1.86. The zero-order chi connectivity index (χ0) is 17.9. The van der Waals surface area contributed by atoms with E-state index in [2.05, 4.69) is 84.0 Å². The molecular weight excluding hydrogens is 310 g/mol. The highest BCUT2D eigenvalue weighted by atomic mass is 28.4. The summed E-state index contributed by atoms with van der Waals surface area (Å²) in [7, 11) is -1.86. The van der Waals surface area contributed by atoms with Gasteiger partial charge in [0.1, 0.15) is 0 Å². The Morgan fingerprint density at radius 2 is 1.38 bits per heavy atom. The van der Waals surface area contributed by atoms with Gasteiger partial charge in [-0.15, -0.1) is 0 Å². The maximum atomic E-state index is 6.66. The molecule has 0 amide bonds. The first-order valence-corrected chi connectivity index (χ1v) is 11.3. The fourth-order valence-corrected chi connectivity index (χ4v) is 9.74. The predicted octanol–water partition coefficient (Wildman–Crippen LogP) is 6.03. The van der Waals surface area contributed by atoms with Gasteiger partial charge in [0.05, 0.1) is 12.6 Å². The van der Waals surface area contributed by atoms with Gasteiger partial charge in [0, 0.05) is 0 Å². The second-order valence-electron chi connectivity index (χ2n) is 7.84. The molecule has 3 heteroatoms. The van der Waals surface area contributed by atoms with Crippen LogP contribution in [0.5, 0.6) is 0 Å². The fraction of sp³-hybridized carbons (Fsp3) is 0.524. The molecule has 2 aromatic rings. The van der Waals surface area contributed by atoms with E-state index in [9.17, 15) is 0 Å². The summed E-state index contributed by atoms with van der Waals surface area (Å²) in [5.41, 5.74) is 9.40. The van der Waals surface area contributed by atoms with Gasteiger partial charge in [-0.1, -0.05) is 77.9 Å². The molecule has 0 saturated carbocycles. The zero-order valence-electron chi connectivity index (χ0n) is 16.0. The summed E-state index contributed by atoms with van der Waals surface area (Å²) in [4.78, 5) is 0. The number of hydrogen-bond donors (Lipinski definition) is 1. The first kappa shape index (κ1) is 19.2. The van der Waals surface area contributed by atoms with Crippen LogP contribution in [0.25, 0.3) is 10.8 Å². The Morgan fingerprint density at radius 3 is 1.92 bits per heavy atom. The van der Waals surface area contributed by atoms with E-state index in [0.29, 0.717) is 23.2 Å². The highest BCUT2D eigenvalue weighted by Crippen LogP contribution is 2.42. The predicted molar refractivity (Wildman–Crippen MR) is 108 cm³/mol. The molecule has 0 spiro atoms. The first-order chi connectivity index (χ1) is 11.3. The van der Waals surface area contributed by atoms with E-state index in [1.165, 1.54) is 10.8 Å². The Kier molecular flexibility index (Phi) is 6.24. The largest absolute Gasteiger partial charge is 0.414 e. The van der Waals surface area contributed by atoms with Gasteiger partial charge in [0.15, 0.2) is 8.32 Å². The summed E-state index contributed by atoms with van der Waals surface area (Å²) >= 11 is 0. The molecule has 2 rings (SSSR count). The van der Waals surface area contributed by atoms with E-state index < -0.39 is 8.32 Å². The van der Waals surface area contributed by atoms with Crippen molar-refractivity contribution >= 4 is 19.1 Å². The lowest BCUT2D eigenvalue weighted by Crippen LogP contribution is -2.48. The van der Waals surface area contributed by atoms with Crippen LogP contribution >= 0.6 is 0 Å². The van der Waals surface area contributed by atoms with Gasteiger partial charge in [0.2, 0.25) is 0 Å². The Bertz CT molecular complexity index is 644. The quantitative estimate of drug-likeness (QED) is 0.623. The molecule has 0 bridgehead atoms. The number of benzene rings is 2. The first-order valence-electron chi connectivity index (χ1n) is 9.17. The fourth-order valence-electron chi connectivity index (χ4n) is 4.27. The lowest BCUT2D eigenvalue weighted by atomic mass is 10.0. The second kappa shape index (κ2) is 7.81. The number of nitrogens with two attached hydrogens (primary N) is 1. The smallest absolute Gasteiger partial charge is 0.200 e. The minimum Gasteiger partial charge on any atom is -0.414 e. The number of hydrogen-bond acceptors (Lipinski definition) is 2. The highest BCUT2D eigenvalue weighted by molar-refractivity contribution is 6.77. The molecule has 0 aliphatic heterocycles. The average Bonchev–Trinajstić information content (AvgIpc) is 2.53. The zero-order valence-corrected chi connectivity index (χ0v) is 17.0. The van der Waals surface area contributed by atoms with E-state index in [0.717, 1.165) is 5.56 Å². The standard InChI is InChI=1S/C21H33NOSi/c1-15(2)24(16(3)4,17(5)6)23-14-21(22)20-12-11-18-9-7-8-10-19(18)13-20/h7-13,15-17,21H,14,22H2,1-6H3. The maximum absolute atomic E-state index is 6.66. The monoisotopic (exact) mass is 343 g/mol. The lowest BCUT2D eigenvalue weighted by Gasteiger charge is -2.42. The van der Waals surface area contributed by atoms with Crippen molar-refractivity contribution in [2.75, 3.05) is 6.61 Å². The Labute approximate surface area is 148 Å². The SMILES string of the molecule is CC(C)[Si](OCC(N)c1ccc2ccccc2c1)(C(C)C)C(C)C. The van der Waals surface area contributed by atoms with Crippen LogP contribution in [0.2, 0.25) is 16.6 Å². The van der Waals surface area contributed by atoms with Crippen molar-refractivity contribution in [3.05, 3.63) is 48.0 Å². The third-order valence-corrected chi connectivity index (χ3v) is 11.5. The summed E-state index contributed by atoms with van der Waals surface area (Å²) in [6, 6.07) is 14.8.